The number of carbonyl (C=O) groups excluding carboxylic acids is 1. The second-order valence-electron chi connectivity index (χ2n) is 2.73. The molecule has 0 N–H and O–H groups in total. The highest BCUT2D eigenvalue weighted by atomic mass is 16.1. The second kappa shape index (κ2) is 3.88. The lowest BCUT2D eigenvalue weighted by atomic mass is 10.0. The largest absolute Gasteiger partial charge is 0.289 e. The molecule has 2 aromatic rings. The van der Waals surface area contributed by atoms with E-state index < -0.39 is 0 Å². The van der Waals surface area contributed by atoms with Crippen LogP contribution < -0.4 is 0 Å². The van der Waals surface area contributed by atoms with Crippen LogP contribution in [0.5, 0.6) is 0 Å². The van der Waals surface area contributed by atoms with Gasteiger partial charge >= 0.3 is 0 Å². The van der Waals surface area contributed by atoms with Crippen LogP contribution in [0.4, 0.5) is 0 Å². The SMILES string of the molecule is O=C(c1[c]cc[c]c1)c1[c]cc[c]c1. The molecule has 0 amide bonds. The minimum atomic E-state index is -0.0984. The Hall–Kier alpha value is -1.89. The molecule has 0 aliphatic carbocycles. The maximum atomic E-state index is 11.7. The van der Waals surface area contributed by atoms with Crippen molar-refractivity contribution in [1.29, 1.82) is 0 Å². The van der Waals surface area contributed by atoms with Crippen molar-refractivity contribution in [3.8, 4) is 0 Å². The third-order valence-electron chi connectivity index (χ3n) is 1.78. The van der Waals surface area contributed by atoms with Crippen LogP contribution in [-0.2, 0) is 0 Å². The Morgan fingerprint density at radius 3 is 1.71 bits per heavy atom. The van der Waals surface area contributed by atoms with Crippen LogP contribution in [0.3, 0.4) is 0 Å². The fourth-order valence-corrected chi connectivity index (χ4v) is 1.11. The fraction of sp³-hybridized carbons (Fsp3) is 0. The molecule has 0 aromatic heterocycles. The van der Waals surface area contributed by atoms with E-state index in [1.54, 1.807) is 36.4 Å². The van der Waals surface area contributed by atoms with Gasteiger partial charge in [-0.05, 0) is 36.4 Å². The zero-order valence-electron chi connectivity index (χ0n) is 7.37. The van der Waals surface area contributed by atoms with E-state index >= 15 is 0 Å². The molecule has 0 fully saturated rings. The van der Waals surface area contributed by atoms with Gasteiger partial charge in [0.2, 0.25) is 0 Å². The number of hydrogen-bond acceptors (Lipinski definition) is 1. The number of ketones is 1. The molecule has 0 aliphatic rings. The van der Waals surface area contributed by atoms with E-state index in [-0.39, 0.29) is 5.78 Å². The van der Waals surface area contributed by atoms with Crippen LogP contribution in [0, 0.1) is 24.3 Å². The molecular formula is C13H6O. The van der Waals surface area contributed by atoms with Gasteiger partial charge in [-0.15, -0.1) is 0 Å². The van der Waals surface area contributed by atoms with Gasteiger partial charge in [0.25, 0.3) is 0 Å². The van der Waals surface area contributed by atoms with Gasteiger partial charge in [-0.3, -0.25) is 4.79 Å². The molecule has 0 bridgehead atoms. The van der Waals surface area contributed by atoms with Crippen molar-refractivity contribution in [2.45, 2.75) is 0 Å². The first-order chi connectivity index (χ1) is 6.88. The van der Waals surface area contributed by atoms with Gasteiger partial charge in [0.1, 0.15) is 0 Å². The van der Waals surface area contributed by atoms with Gasteiger partial charge in [0.05, 0.1) is 0 Å². The van der Waals surface area contributed by atoms with Gasteiger partial charge in [0.15, 0.2) is 5.78 Å². The molecule has 0 saturated heterocycles. The van der Waals surface area contributed by atoms with Crippen LogP contribution in [0.2, 0.25) is 0 Å². The lowest BCUT2D eigenvalue weighted by molar-refractivity contribution is 0.103. The first-order valence-corrected chi connectivity index (χ1v) is 4.18. The summed E-state index contributed by atoms with van der Waals surface area (Å²) in [5, 5.41) is 0. The van der Waals surface area contributed by atoms with Crippen molar-refractivity contribution in [2.24, 2.45) is 0 Å². The summed E-state index contributed by atoms with van der Waals surface area (Å²) in [5.41, 5.74) is 1.01. The normalized spacial score (nSPS) is 9.71. The summed E-state index contributed by atoms with van der Waals surface area (Å²) < 4.78 is 0. The first-order valence-electron chi connectivity index (χ1n) is 4.18. The summed E-state index contributed by atoms with van der Waals surface area (Å²) >= 11 is 0. The lowest BCUT2D eigenvalue weighted by Gasteiger charge is -1.98. The van der Waals surface area contributed by atoms with Crippen LogP contribution in [0.25, 0.3) is 0 Å². The van der Waals surface area contributed by atoms with Gasteiger partial charge in [-0.1, -0.05) is 24.3 Å². The van der Waals surface area contributed by atoms with Crippen molar-refractivity contribution < 1.29 is 4.79 Å². The molecular weight excluding hydrogens is 172 g/mol. The number of carbonyl (C=O) groups is 1. The Balaban J connectivity index is 2.35. The number of rotatable bonds is 2. The quantitative estimate of drug-likeness (QED) is 0.644. The minimum absolute atomic E-state index is 0.0984. The smallest absolute Gasteiger partial charge is 0.194 e. The molecule has 0 saturated carbocycles. The molecule has 4 radical (unpaired) electrons. The topological polar surface area (TPSA) is 17.1 Å². The summed E-state index contributed by atoms with van der Waals surface area (Å²) in [6.45, 7) is 0. The highest BCUT2D eigenvalue weighted by Crippen LogP contribution is 2.06. The third kappa shape index (κ3) is 1.72. The molecule has 14 heavy (non-hydrogen) atoms. The minimum Gasteiger partial charge on any atom is -0.289 e. The molecule has 0 spiro atoms. The van der Waals surface area contributed by atoms with Gasteiger partial charge in [-0.25, -0.2) is 0 Å². The zero-order valence-corrected chi connectivity index (χ0v) is 7.37. The molecule has 1 nitrogen and oxygen atoms in total. The average molecular weight is 178 g/mol. The van der Waals surface area contributed by atoms with Crippen molar-refractivity contribution >= 4 is 5.78 Å². The fourth-order valence-electron chi connectivity index (χ4n) is 1.11. The van der Waals surface area contributed by atoms with Gasteiger partial charge < -0.3 is 0 Å². The van der Waals surface area contributed by atoms with E-state index in [0.717, 1.165) is 0 Å². The summed E-state index contributed by atoms with van der Waals surface area (Å²) in [6.07, 6.45) is 0. The molecule has 2 rings (SSSR count). The molecule has 0 atom stereocenters. The Kier molecular flexibility index (Phi) is 2.41. The maximum Gasteiger partial charge on any atom is 0.194 e. The molecule has 0 unspecified atom stereocenters. The predicted molar refractivity (Wildman–Crippen MR) is 51.7 cm³/mol. The highest BCUT2D eigenvalue weighted by Gasteiger charge is 2.07. The van der Waals surface area contributed by atoms with E-state index in [0.29, 0.717) is 11.1 Å². The van der Waals surface area contributed by atoms with E-state index in [1.165, 1.54) is 0 Å². The highest BCUT2D eigenvalue weighted by molar-refractivity contribution is 6.08. The maximum absolute atomic E-state index is 11.7. The van der Waals surface area contributed by atoms with Gasteiger partial charge in [-0.2, -0.15) is 0 Å². The summed E-state index contributed by atoms with van der Waals surface area (Å²) in [5.74, 6) is -0.0984. The second-order valence-corrected chi connectivity index (χ2v) is 2.73. The van der Waals surface area contributed by atoms with E-state index in [1.807, 2.05) is 0 Å². The third-order valence-corrected chi connectivity index (χ3v) is 1.78. The Morgan fingerprint density at radius 1 is 0.857 bits per heavy atom. The van der Waals surface area contributed by atoms with Crippen LogP contribution in [-0.4, -0.2) is 5.78 Å². The van der Waals surface area contributed by atoms with Crippen molar-refractivity contribution in [3.05, 3.63) is 71.8 Å². The summed E-state index contributed by atoms with van der Waals surface area (Å²) in [7, 11) is 0. The standard InChI is InChI=1S/C13H6O/c14-13(11-7-3-1-4-8-11)12-9-5-2-6-10-12/h1-3,5,8,10H. The summed E-state index contributed by atoms with van der Waals surface area (Å²) in [4.78, 5) is 11.7. The van der Waals surface area contributed by atoms with E-state index in [4.69, 9.17) is 0 Å². The first kappa shape index (κ1) is 8.70. The molecule has 0 heterocycles. The molecule has 64 valence electrons. The van der Waals surface area contributed by atoms with Crippen LogP contribution in [0.15, 0.2) is 36.4 Å². The van der Waals surface area contributed by atoms with Crippen molar-refractivity contribution in [1.82, 2.24) is 0 Å². The molecule has 1 heteroatoms. The predicted octanol–water partition coefficient (Wildman–Crippen LogP) is 2.12. The lowest BCUT2D eigenvalue weighted by Crippen LogP contribution is -2.00. The Labute approximate surface area is 83.0 Å². The molecule has 2 aromatic carbocycles. The molecule has 0 aliphatic heterocycles. The summed E-state index contributed by atoms with van der Waals surface area (Å²) in [6, 6.07) is 21.3. The van der Waals surface area contributed by atoms with E-state index in [9.17, 15) is 4.79 Å². The number of hydrogen-bond donors (Lipinski definition) is 0. The van der Waals surface area contributed by atoms with Gasteiger partial charge in [0, 0.05) is 11.1 Å². The van der Waals surface area contributed by atoms with Crippen molar-refractivity contribution in [2.75, 3.05) is 0 Å². The number of benzene rings is 2. The Morgan fingerprint density at radius 2 is 1.36 bits per heavy atom. The van der Waals surface area contributed by atoms with Crippen molar-refractivity contribution in [3.63, 3.8) is 0 Å². The monoisotopic (exact) mass is 178 g/mol. The van der Waals surface area contributed by atoms with Crippen LogP contribution in [0.1, 0.15) is 15.9 Å². The zero-order chi connectivity index (χ0) is 9.80. The van der Waals surface area contributed by atoms with E-state index in [2.05, 4.69) is 24.3 Å². The van der Waals surface area contributed by atoms with Crippen LogP contribution >= 0.6 is 0 Å². The average Bonchev–Trinajstić information content (AvgIpc) is 2.30. The Bertz CT molecular complexity index is 376.